The summed E-state index contributed by atoms with van der Waals surface area (Å²) in [5.41, 5.74) is 0.470. The predicted octanol–water partition coefficient (Wildman–Crippen LogP) is 3.30. The number of esters is 1. The molecule has 4 rings (SSSR count). The SMILES string of the molecule is Cc1cccc(OCCOC(=O)C23CCC(=O)N2c2ccccc2C(=O)N3C(C)C)c1. The molecule has 1 atom stereocenters. The molecule has 2 aliphatic rings. The maximum absolute atomic E-state index is 13.4. The van der Waals surface area contributed by atoms with E-state index in [1.54, 1.807) is 24.3 Å². The van der Waals surface area contributed by atoms with Crippen molar-refractivity contribution < 1.29 is 23.9 Å². The molecule has 1 fully saturated rings. The van der Waals surface area contributed by atoms with Crippen LogP contribution in [0.2, 0.25) is 0 Å². The van der Waals surface area contributed by atoms with Gasteiger partial charge in [0.2, 0.25) is 11.6 Å². The Morgan fingerprint density at radius 1 is 1.10 bits per heavy atom. The molecule has 2 aromatic rings. The summed E-state index contributed by atoms with van der Waals surface area (Å²) in [6.07, 6.45) is 0.362. The van der Waals surface area contributed by atoms with E-state index in [1.165, 1.54) is 9.80 Å². The van der Waals surface area contributed by atoms with Crippen LogP contribution in [0, 0.1) is 6.92 Å². The second kappa shape index (κ2) is 8.06. The highest BCUT2D eigenvalue weighted by atomic mass is 16.6. The summed E-state index contributed by atoms with van der Waals surface area (Å²) < 4.78 is 11.2. The van der Waals surface area contributed by atoms with E-state index in [9.17, 15) is 14.4 Å². The lowest BCUT2D eigenvalue weighted by molar-refractivity contribution is -0.159. The third-order valence-corrected chi connectivity index (χ3v) is 5.72. The monoisotopic (exact) mass is 422 g/mol. The minimum atomic E-state index is -1.47. The largest absolute Gasteiger partial charge is 0.490 e. The van der Waals surface area contributed by atoms with Gasteiger partial charge in [-0.2, -0.15) is 0 Å². The molecule has 0 radical (unpaired) electrons. The molecule has 0 N–H and O–H groups in total. The smallest absolute Gasteiger partial charge is 0.353 e. The Morgan fingerprint density at radius 2 is 1.87 bits per heavy atom. The minimum absolute atomic E-state index is 0.0122. The zero-order chi connectivity index (χ0) is 22.2. The summed E-state index contributed by atoms with van der Waals surface area (Å²) >= 11 is 0. The standard InChI is InChI=1S/C24H26N2O5/c1-16(2)25-22(28)19-9-4-5-10-20(19)26-21(27)11-12-24(25,26)23(29)31-14-13-30-18-8-6-7-17(3)15-18/h4-10,15-16H,11-14H2,1-3H3. The molecule has 0 aliphatic carbocycles. The first-order valence-corrected chi connectivity index (χ1v) is 10.5. The lowest BCUT2D eigenvalue weighted by Crippen LogP contribution is -2.70. The Kier molecular flexibility index (Phi) is 5.43. The first kappa shape index (κ1) is 20.9. The molecule has 162 valence electrons. The van der Waals surface area contributed by atoms with E-state index in [2.05, 4.69) is 0 Å². The number of benzene rings is 2. The van der Waals surface area contributed by atoms with Crippen molar-refractivity contribution in [2.24, 2.45) is 0 Å². The molecular weight excluding hydrogens is 396 g/mol. The van der Waals surface area contributed by atoms with Crippen LogP contribution in [0.1, 0.15) is 42.6 Å². The van der Waals surface area contributed by atoms with Crippen LogP contribution in [0.25, 0.3) is 0 Å². The van der Waals surface area contributed by atoms with E-state index in [0.29, 0.717) is 17.0 Å². The second-order valence-corrected chi connectivity index (χ2v) is 8.13. The molecule has 2 aliphatic heterocycles. The van der Waals surface area contributed by atoms with Gasteiger partial charge in [0.1, 0.15) is 19.0 Å². The van der Waals surface area contributed by atoms with Gasteiger partial charge in [-0.1, -0.05) is 24.3 Å². The van der Waals surface area contributed by atoms with Crippen LogP contribution in [-0.4, -0.2) is 47.6 Å². The molecule has 0 spiro atoms. The molecule has 2 heterocycles. The van der Waals surface area contributed by atoms with Crippen molar-refractivity contribution in [3.63, 3.8) is 0 Å². The van der Waals surface area contributed by atoms with E-state index in [1.807, 2.05) is 45.0 Å². The molecule has 2 aromatic carbocycles. The highest BCUT2D eigenvalue weighted by Gasteiger charge is 2.62. The quantitative estimate of drug-likeness (QED) is 0.527. The molecule has 1 unspecified atom stereocenters. The molecule has 7 nitrogen and oxygen atoms in total. The molecule has 0 saturated carbocycles. The van der Waals surface area contributed by atoms with Crippen LogP contribution in [0.15, 0.2) is 48.5 Å². The van der Waals surface area contributed by atoms with E-state index < -0.39 is 11.6 Å². The lowest BCUT2D eigenvalue weighted by Gasteiger charge is -2.50. The van der Waals surface area contributed by atoms with Gasteiger partial charge in [-0.25, -0.2) is 4.79 Å². The predicted molar refractivity (Wildman–Crippen MR) is 115 cm³/mol. The normalized spacial score (nSPS) is 20.0. The Hall–Kier alpha value is -3.35. The zero-order valence-corrected chi connectivity index (χ0v) is 18.0. The molecule has 0 bridgehead atoms. The average molecular weight is 422 g/mol. The summed E-state index contributed by atoms with van der Waals surface area (Å²) in [5.74, 6) is -0.386. The van der Waals surface area contributed by atoms with Crippen LogP contribution >= 0.6 is 0 Å². The van der Waals surface area contributed by atoms with Crippen molar-refractivity contribution >= 4 is 23.5 Å². The zero-order valence-electron chi connectivity index (χ0n) is 18.0. The van der Waals surface area contributed by atoms with Crippen molar-refractivity contribution in [3.8, 4) is 5.75 Å². The summed E-state index contributed by atoms with van der Waals surface area (Å²) in [5, 5.41) is 0. The minimum Gasteiger partial charge on any atom is -0.490 e. The first-order valence-electron chi connectivity index (χ1n) is 10.5. The molecular formula is C24H26N2O5. The molecule has 1 saturated heterocycles. The van der Waals surface area contributed by atoms with Crippen LogP contribution in [0.3, 0.4) is 0 Å². The van der Waals surface area contributed by atoms with Gasteiger partial charge in [0.05, 0.1) is 11.3 Å². The van der Waals surface area contributed by atoms with Crippen molar-refractivity contribution in [2.45, 2.75) is 45.3 Å². The first-order chi connectivity index (χ1) is 14.9. The van der Waals surface area contributed by atoms with Gasteiger partial charge in [0.25, 0.3) is 5.91 Å². The third-order valence-electron chi connectivity index (χ3n) is 5.72. The van der Waals surface area contributed by atoms with Crippen molar-refractivity contribution in [3.05, 3.63) is 59.7 Å². The number of carbonyl (C=O) groups excluding carboxylic acids is 3. The number of carbonyl (C=O) groups is 3. The molecule has 31 heavy (non-hydrogen) atoms. The van der Waals surface area contributed by atoms with Crippen molar-refractivity contribution in [1.29, 1.82) is 0 Å². The second-order valence-electron chi connectivity index (χ2n) is 8.13. The van der Waals surface area contributed by atoms with Gasteiger partial charge in [-0.15, -0.1) is 0 Å². The van der Waals surface area contributed by atoms with E-state index in [4.69, 9.17) is 9.47 Å². The number of hydrogen-bond donors (Lipinski definition) is 0. The maximum Gasteiger partial charge on any atom is 0.353 e. The summed E-state index contributed by atoms with van der Waals surface area (Å²) in [7, 11) is 0. The summed E-state index contributed by atoms with van der Waals surface area (Å²) in [6, 6.07) is 14.2. The van der Waals surface area contributed by atoms with E-state index >= 15 is 0 Å². The average Bonchev–Trinajstić information content (AvgIpc) is 3.09. The summed E-state index contributed by atoms with van der Waals surface area (Å²) in [4.78, 5) is 42.5. The third kappa shape index (κ3) is 3.44. The Morgan fingerprint density at radius 3 is 2.61 bits per heavy atom. The number of nitrogens with zero attached hydrogens (tertiary/aromatic N) is 2. The van der Waals surface area contributed by atoms with Crippen molar-refractivity contribution in [1.82, 2.24) is 4.90 Å². The maximum atomic E-state index is 13.4. The van der Waals surface area contributed by atoms with Crippen LogP contribution in [-0.2, 0) is 14.3 Å². The summed E-state index contributed by atoms with van der Waals surface area (Å²) in [6.45, 7) is 5.82. The fourth-order valence-electron chi connectivity index (χ4n) is 4.49. The number of rotatable bonds is 6. The fraction of sp³-hybridized carbons (Fsp3) is 0.375. The Balaban J connectivity index is 1.58. The van der Waals surface area contributed by atoms with Crippen LogP contribution in [0.4, 0.5) is 5.69 Å². The van der Waals surface area contributed by atoms with Gasteiger partial charge in [-0.3, -0.25) is 14.5 Å². The van der Waals surface area contributed by atoms with E-state index in [-0.39, 0.29) is 43.9 Å². The van der Waals surface area contributed by atoms with Crippen molar-refractivity contribution in [2.75, 3.05) is 18.1 Å². The van der Waals surface area contributed by atoms with Gasteiger partial charge >= 0.3 is 5.97 Å². The number of para-hydroxylation sites is 1. The van der Waals surface area contributed by atoms with Gasteiger partial charge in [0.15, 0.2) is 0 Å². The number of anilines is 1. The van der Waals surface area contributed by atoms with E-state index in [0.717, 1.165) is 5.56 Å². The number of ether oxygens (including phenoxy) is 2. The Labute approximate surface area is 181 Å². The molecule has 0 aromatic heterocycles. The highest BCUT2D eigenvalue weighted by Crippen LogP contribution is 2.45. The van der Waals surface area contributed by atoms with Gasteiger partial charge < -0.3 is 14.4 Å². The number of aryl methyl sites for hydroxylation is 1. The molecule has 2 amide bonds. The Bertz CT molecular complexity index is 1030. The highest BCUT2D eigenvalue weighted by molar-refractivity contribution is 6.15. The van der Waals surface area contributed by atoms with Gasteiger partial charge in [-0.05, 0) is 50.6 Å². The lowest BCUT2D eigenvalue weighted by atomic mass is 9.95. The number of amides is 2. The molecule has 7 heteroatoms. The number of hydrogen-bond acceptors (Lipinski definition) is 5. The fourth-order valence-corrected chi connectivity index (χ4v) is 4.49. The van der Waals surface area contributed by atoms with Gasteiger partial charge in [0, 0.05) is 18.9 Å². The number of fused-ring (bicyclic) bond motifs is 3. The van der Waals surface area contributed by atoms with Crippen LogP contribution < -0.4 is 9.64 Å². The topological polar surface area (TPSA) is 76.1 Å². The van der Waals surface area contributed by atoms with Crippen LogP contribution in [0.5, 0.6) is 5.75 Å².